The maximum absolute atomic E-state index is 12.2. The summed E-state index contributed by atoms with van der Waals surface area (Å²) >= 11 is 0. The van der Waals surface area contributed by atoms with E-state index in [2.05, 4.69) is 5.32 Å². The van der Waals surface area contributed by atoms with Crippen LogP contribution in [0.25, 0.3) is 0 Å². The molecule has 5 nitrogen and oxygen atoms in total. The number of benzene rings is 1. The minimum Gasteiger partial charge on any atom is -0.349 e. The number of non-ortho nitro benzene ring substituents is 1. The van der Waals surface area contributed by atoms with E-state index in [1.165, 1.54) is 31.4 Å². The summed E-state index contributed by atoms with van der Waals surface area (Å²) in [4.78, 5) is 22.4. The molecule has 1 aliphatic rings. The van der Waals surface area contributed by atoms with Gasteiger partial charge in [-0.15, -0.1) is 0 Å². The molecule has 0 bridgehead atoms. The van der Waals surface area contributed by atoms with Gasteiger partial charge >= 0.3 is 0 Å². The minimum absolute atomic E-state index is 0.0460. The van der Waals surface area contributed by atoms with Crippen molar-refractivity contribution < 1.29 is 9.72 Å². The predicted octanol–water partition coefficient (Wildman–Crippen LogP) is 3.44. The molecule has 0 radical (unpaired) electrons. The Bertz CT molecular complexity index is 480. The fourth-order valence-electron chi connectivity index (χ4n) is 2.63. The SMILES string of the molecule is O=C(NC1CCCCCCC1)c1cccc([N+](=O)[O-])c1. The predicted molar refractivity (Wildman–Crippen MR) is 76.7 cm³/mol. The van der Waals surface area contributed by atoms with E-state index in [9.17, 15) is 14.9 Å². The van der Waals surface area contributed by atoms with E-state index in [-0.39, 0.29) is 17.6 Å². The molecule has 1 amide bonds. The summed E-state index contributed by atoms with van der Waals surface area (Å²) in [7, 11) is 0. The standard InChI is InChI=1S/C15H20N2O3/c18-15(12-7-6-10-14(11-12)17(19)20)16-13-8-4-2-1-3-5-9-13/h6-7,10-11,13H,1-5,8-9H2,(H,16,18). The zero-order valence-electron chi connectivity index (χ0n) is 11.5. The molecule has 1 N–H and O–H groups in total. The number of hydrogen-bond acceptors (Lipinski definition) is 3. The van der Waals surface area contributed by atoms with E-state index < -0.39 is 4.92 Å². The quantitative estimate of drug-likeness (QED) is 0.679. The molecule has 0 aromatic heterocycles. The highest BCUT2D eigenvalue weighted by Crippen LogP contribution is 2.18. The lowest BCUT2D eigenvalue weighted by molar-refractivity contribution is -0.384. The zero-order chi connectivity index (χ0) is 14.4. The lowest BCUT2D eigenvalue weighted by atomic mass is 9.96. The van der Waals surface area contributed by atoms with Crippen molar-refractivity contribution in [2.45, 2.75) is 51.0 Å². The second-order valence-corrected chi connectivity index (χ2v) is 5.32. The fourth-order valence-corrected chi connectivity index (χ4v) is 2.63. The maximum Gasteiger partial charge on any atom is 0.270 e. The second kappa shape index (κ2) is 7.03. The van der Waals surface area contributed by atoms with Crippen LogP contribution < -0.4 is 5.32 Å². The molecular formula is C15H20N2O3. The number of nitrogens with one attached hydrogen (secondary N) is 1. The Morgan fingerprint density at radius 2 is 1.80 bits per heavy atom. The van der Waals surface area contributed by atoms with Crippen LogP contribution in [-0.4, -0.2) is 16.9 Å². The highest BCUT2D eigenvalue weighted by atomic mass is 16.6. The molecule has 0 atom stereocenters. The van der Waals surface area contributed by atoms with Gasteiger partial charge in [0.2, 0.25) is 0 Å². The van der Waals surface area contributed by atoms with E-state index in [1.807, 2.05) is 0 Å². The average Bonchev–Trinajstić information content (AvgIpc) is 2.41. The van der Waals surface area contributed by atoms with Crippen molar-refractivity contribution in [2.24, 2.45) is 0 Å². The van der Waals surface area contributed by atoms with Crippen LogP contribution in [0.3, 0.4) is 0 Å². The van der Waals surface area contributed by atoms with Crippen LogP contribution >= 0.6 is 0 Å². The van der Waals surface area contributed by atoms with Crippen LogP contribution in [0.5, 0.6) is 0 Å². The number of carbonyl (C=O) groups excluding carboxylic acids is 1. The fraction of sp³-hybridized carbons (Fsp3) is 0.533. The van der Waals surface area contributed by atoms with Crippen LogP contribution in [0.4, 0.5) is 5.69 Å². The normalized spacial score (nSPS) is 17.0. The molecule has 0 spiro atoms. The van der Waals surface area contributed by atoms with Crippen LogP contribution in [0, 0.1) is 10.1 Å². The first kappa shape index (κ1) is 14.5. The highest BCUT2D eigenvalue weighted by Gasteiger charge is 2.16. The number of carbonyl (C=O) groups is 1. The van der Waals surface area contributed by atoms with Gasteiger partial charge in [0.05, 0.1) is 4.92 Å². The van der Waals surface area contributed by atoms with Crippen molar-refractivity contribution in [2.75, 3.05) is 0 Å². The number of amides is 1. The Kier molecular flexibility index (Phi) is 5.09. The minimum atomic E-state index is -0.480. The third kappa shape index (κ3) is 4.05. The van der Waals surface area contributed by atoms with E-state index in [0.29, 0.717) is 5.56 Å². The number of nitro benzene ring substituents is 1. The molecule has 1 aliphatic carbocycles. The summed E-state index contributed by atoms with van der Waals surface area (Å²) in [6.07, 6.45) is 8.01. The van der Waals surface area contributed by atoms with Crippen LogP contribution in [0.15, 0.2) is 24.3 Å². The molecule has 108 valence electrons. The molecule has 1 aromatic rings. The summed E-state index contributed by atoms with van der Waals surface area (Å²) in [5, 5.41) is 13.7. The van der Waals surface area contributed by atoms with Gasteiger partial charge in [-0.05, 0) is 18.9 Å². The van der Waals surface area contributed by atoms with Crippen molar-refractivity contribution in [3.05, 3.63) is 39.9 Å². The Labute approximate surface area is 118 Å². The van der Waals surface area contributed by atoms with Crippen LogP contribution in [0.1, 0.15) is 55.3 Å². The topological polar surface area (TPSA) is 72.2 Å². The summed E-state index contributed by atoms with van der Waals surface area (Å²) in [6, 6.07) is 6.09. The van der Waals surface area contributed by atoms with Crippen molar-refractivity contribution in [1.82, 2.24) is 5.32 Å². The molecule has 0 heterocycles. The number of nitro groups is 1. The molecule has 0 saturated heterocycles. The van der Waals surface area contributed by atoms with Crippen LogP contribution in [-0.2, 0) is 0 Å². The molecule has 2 rings (SSSR count). The van der Waals surface area contributed by atoms with E-state index >= 15 is 0 Å². The van der Waals surface area contributed by atoms with Gasteiger partial charge in [-0.1, -0.05) is 38.2 Å². The average molecular weight is 276 g/mol. The van der Waals surface area contributed by atoms with Gasteiger partial charge in [-0.2, -0.15) is 0 Å². The summed E-state index contributed by atoms with van der Waals surface area (Å²) < 4.78 is 0. The molecule has 1 aromatic carbocycles. The Balaban J connectivity index is 1.99. The monoisotopic (exact) mass is 276 g/mol. The molecule has 0 unspecified atom stereocenters. The third-order valence-corrected chi connectivity index (χ3v) is 3.76. The number of rotatable bonds is 3. The summed E-state index contributed by atoms with van der Waals surface area (Å²) in [5.41, 5.74) is 0.316. The Hall–Kier alpha value is -1.91. The van der Waals surface area contributed by atoms with Crippen molar-refractivity contribution in [3.8, 4) is 0 Å². The molecular weight excluding hydrogens is 256 g/mol. The Morgan fingerprint density at radius 3 is 2.45 bits per heavy atom. The molecule has 1 fully saturated rings. The van der Waals surface area contributed by atoms with Crippen molar-refractivity contribution in [1.29, 1.82) is 0 Å². The van der Waals surface area contributed by atoms with Gasteiger partial charge < -0.3 is 5.32 Å². The number of nitrogens with zero attached hydrogens (tertiary/aromatic N) is 1. The van der Waals surface area contributed by atoms with Gasteiger partial charge in [0, 0.05) is 23.7 Å². The maximum atomic E-state index is 12.2. The van der Waals surface area contributed by atoms with Gasteiger partial charge in [-0.3, -0.25) is 14.9 Å². The van der Waals surface area contributed by atoms with Crippen molar-refractivity contribution >= 4 is 11.6 Å². The third-order valence-electron chi connectivity index (χ3n) is 3.76. The first-order chi connectivity index (χ1) is 9.66. The van der Waals surface area contributed by atoms with Crippen LogP contribution in [0.2, 0.25) is 0 Å². The summed E-state index contributed by atoms with van der Waals surface area (Å²) in [5.74, 6) is -0.209. The highest BCUT2D eigenvalue weighted by molar-refractivity contribution is 5.94. The van der Waals surface area contributed by atoms with Gasteiger partial charge in [0.15, 0.2) is 0 Å². The lowest BCUT2D eigenvalue weighted by Crippen LogP contribution is -2.35. The first-order valence-electron chi connectivity index (χ1n) is 7.22. The largest absolute Gasteiger partial charge is 0.349 e. The molecule has 5 heteroatoms. The zero-order valence-corrected chi connectivity index (χ0v) is 11.5. The molecule has 0 aliphatic heterocycles. The number of hydrogen-bond donors (Lipinski definition) is 1. The van der Waals surface area contributed by atoms with Gasteiger partial charge in [-0.25, -0.2) is 0 Å². The lowest BCUT2D eigenvalue weighted by Gasteiger charge is -2.21. The Morgan fingerprint density at radius 1 is 1.15 bits per heavy atom. The van der Waals surface area contributed by atoms with E-state index in [0.717, 1.165) is 25.7 Å². The van der Waals surface area contributed by atoms with Gasteiger partial charge in [0.25, 0.3) is 11.6 Å². The van der Waals surface area contributed by atoms with E-state index in [4.69, 9.17) is 0 Å². The summed E-state index contributed by atoms with van der Waals surface area (Å²) in [6.45, 7) is 0. The van der Waals surface area contributed by atoms with E-state index in [1.54, 1.807) is 12.1 Å². The smallest absolute Gasteiger partial charge is 0.270 e. The molecule has 20 heavy (non-hydrogen) atoms. The molecule has 1 saturated carbocycles. The van der Waals surface area contributed by atoms with Gasteiger partial charge in [0.1, 0.15) is 0 Å². The van der Waals surface area contributed by atoms with Crippen molar-refractivity contribution in [3.63, 3.8) is 0 Å². The first-order valence-corrected chi connectivity index (χ1v) is 7.22. The second-order valence-electron chi connectivity index (χ2n) is 5.32.